The van der Waals surface area contributed by atoms with Gasteiger partial charge in [-0.25, -0.2) is 0 Å². The number of thioether (sulfide) groups is 1. The quantitative estimate of drug-likeness (QED) is 0.437. The summed E-state index contributed by atoms with van der Waals surface area (Å²) in [6, 6.07) is 12.8. The molecule has 0 aliphatic rings. The molecule has 0 amide bonds. The second-order valence-electron chi connectivity index (χ2n) is 7.59. The first-order valence-electron chi connectivity index (χ1n) is 9.44. The summed E-state index contributed by atoms with van der Waals surface area (Å²) >= 11 is 1.54. The summed E-state index contributed by atoms with van der Waals surface area (Å²) in [6.45, 7) is 12.7. The largest absolute Gasteiger partial charge is 0.508 e. The average molecular weight is 387 g/mol. The first-order valence-corrected chi connectivity index (χ1v) is 10.4. The molecule has 2 aromatic carbocycles. The summed E-state index contributed by atoms with van der Waals surface area (Å²) in [6.07, 6.45) is 0. The Labute approximate surface area is 167 Å². The van der Waals surface area contributed by atoms with Crippen LogP contribution >= 0.6 is 11.8 Å². The van der Waals surface area contributed by atoms with Crippen molar-refractivity contribution in [1.29, 1.82) is 0 Å². The molecule has 1 N–H and O–H groups in total. The van der Waals surface area contributed by atoms with E-state index >= 15 is 0 Å². The van der Waals surface area contributed by atoms with Crippen molar-refractivity contribution in [3.05, 3.63) is 58.5 Å². The molecule has 2 aromatic rings. The minimum absolute atomic E-state index is 0.104. The van der Waals surface area contributed by atoms with Crippen LogP contribution in [0.15, 0.2) is 52.5 Å². The Hall–Kier alpha value is -2.01. The van der Waals surface area contributed by atoms with Crippen molar-refractivity contribution >= 4 is 17.4 Å². The standard InChI is InChI=1S/C22H30N2O2S/c1-6-24(7-2)20-13-9-12-18(21(20)22(3,4)5)19(23-26)15-27-17-11-8-10-16(25)14-17/h8-14,19,25H,6-7,15H2,1-5H3. The normalized spacial score (nSPS) is 12.6. The fraction of sp³-hybridized carbons (Fsp3) is 0.455. The molecule has 0 aliphatic carbocycles. The number of phenols is 1. The van der Waals surface area contributed by atoms with Crippen LogP contribution in [-0.4, -0.2) is 23.9 Å². The highest BCUT2D eigenvalue weighted by molar-refractivity contribution is 7.99. The maximum Gasteiger partial charge on any atom is 0.127 e. The zero-order valence-electron chi connectivity index (χ0n) is 16.9. The molecule has 0 radical (unpaired) electrons. The molecule has 146 valence electrons. The fourth-order valence-electron chi connectivity index (χ4n) is 3.41. The van der Waals surface area contributed by atoms with E-state index in [9.17, 15) is 10.0 Å². The van der Waals surface area contributed by atoms with Gasteiger partial charge in [0, 0.05) is 29.4 Å². The predicted molar refractivity (Wildman–Crippen MR) is 116 cm³/mol. The van der Waals surface area contributed by atoms with Gasteiger partial charge in [0.2, 0.25) is 0 Å². The van der Waals surface area contributed by atoms with E-state index in [-0.39, 0.29) is 11.2 Å². The summed E-state index contributed by atoms with van der Waals surface area (Å²) in [4.78, 5) is 15.0. The Morgan fingerprint density at radius 3 is 2.33 bits per heavy atom. The lowest BCUT2D eigenvalue weighted by Gasteiger charge is -2.33. The second-order valence-corrected chi connectivity index (χ2v) is 8.69. The second kappa shape index (κ2) is 9.27. The molecule has 5 heteroatoms. The number of anilines is 1. The Morgan fingerprint density at radius 1 is 1.11 bits per heavy atom. The van der Waals surface area contributed by atoms with Crippen molar-refractivity contribution in [3.8, 4) is 5.75 Å². The summed E-state index contributed by atoms with van der Waals surface area (Å²) in [5.74, 6) is 0.770. The van der Waals surface area contributed by atoms with Gasteiger partial charge in [-0.15, -0.1) is 11.8 Å². The van der Waals surface area contributed by atoms with Crippen molar-refractivity contribution in [2.45, 2.75) is 51.0 Å². The maximum absolute atomic E-state index is 11.8. The third kappa shape index (κ3) is 5.25. The van der Waals surface area contributed by atoms with Gasteiger partial charge in [-0.3, -0.25) is 0 Å². The van der Waals surface area contributed by atoms with E-state index in [1.54, 1.807) is 12.1 Å². The minimum atomic E-state index is -0.443. The highest BCUT2D eigenvalue weighted by atomic mass is 32.2. The lowest BCUT2D eigenvalue weighted by atomic mass is 9.80. The zero-order valence-corrected chi connectivity index (χ0v) is 17.7. The van der Waals surface area contributed by atoms with Crippen molar-refractivity contribution in [2.75, 3.05) is 23.7 Å². The van der Waals surface area contributed by atoms with Crippen molar-refractivity contribution in [1.82, 2.24) is 0 Å². The molecule has 0 aromatic heterocycles. The summed E-state index contributed by atoms with van der Waals surface area (Å²) in [5, 5.41) is 13.1. The van der Waals surface area contributed by atoms with E-state index in [0.717, 1.165) is 23.5 Å². The van der Waals surface area contributed by atoms with Gasteiger partial charge in [0.15, 0.2) is 0 Å². The molecular formula is C22H30N2O2S. The molecule has 2 rings (SSSR count). The lowest BCUT2D eigenvalue weighted by Crippen LogP contribution is -2.27. The average Bonchev–Trinajstić information content (AvgIpc) is 2.62. The number of hydrogen-bond donors (Lipinski definition) is 1. The predicted octanol–water partition coefficient (Wildman–Crippen LogP) is 6.14. The van der Waals surface area contributed by atoms with E-state index in [0.29, 0.717) is 5.75 Å². The van der Waals surface area contributed by atoms with Gasteiger partial charge in [0.25, 0.3) is 0 Å². The Kier molecular flexibility index (Phi) is 7.31. The Bertz CT molecular complexity index is 767. The Balaban J connectivity index is 2.41. The number of benzene rings is 2. The van der Waals surface area contributed by atoms with E-state index in [4.69, 9.17) is 0 Å². The van der Waals surface area contributed by atoms with Gasteiger partial charge in [0.05, 0.1) is 0 Å². The molecule has 0 saturated heterocycles. The maximum atomic E-state index is 11.8. The van der Waals surface area contributed by atoms with Crippen LogP contribution in [0.1, 0.15) is 51.8 Å². The monoisotopic (exact) mass is 386 g/mol. The van der Waals surface area contributed by atoms with Gasteiger partial charge in [-0.05, 0) is 54.7 Å². The number of phenolic OH excluding ortho intramolecular Hbond substituents is 1. The molecule has 0 spiro atoms. The fourth-order valence-corrected chi connectivity index (χ4v) is 4.38. The molecule has 0 aliphatic heterocycles. The third-order valence-electron chi connectivity index (χ3n) is 4.64. The van der Waals surface area contributed by atoms with Crippen LogP contribution in [0.3, 0.4) is 0 Å². The lowest BCUT2D eigenvalue weighted by molar-refractivity contribution is 0.474. The van der Waals surface area contributed by atoms with Crippen molar-refractivity contribution < 1.29 is 5.11 Å². The van der Waals surface area contributed by atoms with Crippen LogP contribution in [0.25, 0.3) is 0 Å². The molecule has 0 saturated carbocycles. The van der Waals surface area contributed by atoms with Gasteiger partial charge in [-0.2, -0.15) is 4.91 Å². The van der Waals surface area contributed by atoms with Gasteiger partial charge < -0.3 is 10.0 Å². The first kappa shape index (κ1) is 21.3. The molecular weight excluding hydrogens is 356 g/mol. The molecule has 0 heterocycles. The first-order chi connectivity index (χ1) is 12.8. The van der Waals surface area contributed by atoms with Crippen LogP contribution in [-0.2, 0) is 5.41 Å². The topological polar surface area (TPSA) is 52.9 Å². The van der Waals surface area contributed by atoms with Crippen LogP contribution in [0, 0.1) is 4.91 Å². The molecule has 1 unspecified atom stereocenters. The van der Waals surface area contributed by atoms with Crippen LogP contribution in [0.5, 0.6) is 5.75 Å². The van der Waals surface area contributed by atoms with E-state index in [1.165, 1.54) is 23.0 Å². The summed E-state index contributed by atoms with van der Waals surface area (Å²) in [7, 11) is 0. The summed E-state index contributed by atoms with van der Waals surface area (Å²) in [5.41, 5.74) is 3.26. The third-order valence-corrected chi connectivity index (χ3v) is 5.71. The summed E-state index contributed by atoms with van der Waals surface area (Å²) < 4.78 is 0. The number of aromatic hydroxyl groups is 1. The highest BCUT2D eigenvalue weighted by Crippen LogP contribution is 2.40. The number of nitroso groups, excluding NO2 is 1. The highest BCUT2D eigenvalue weighted by Gasteiger charge is 2.28. The molecule has 4 nitrogen and oxygen atoms in total. The van der Waals surface area contributed by atoms with E-state index in [2.05, 4.69) is 50.8 Å². The SMILES string of the molecule is CCN(CC)c1cccc(C(CSc2cccc(O)c2)N=O)c1C(C)(C)C. The number of hydrogen-bond acceptors (Lipinski definition) is 5. The van der Waals surface area contributed by atoms with E-state index in [1.807, 2.05) is 24.3 Å². The zero-order chi connectivity index (χ0) is 20.0. The van der Waals surface area contributed by atoms with Gasteiger partial charge >= 0.3 is 0 Å². The Morgan fingerprint density at radius 2 is 1.78 bits per heavy atom. The van der Waals surface area contributed by atoms with Crippen molar-refractivity contribution in [2.24, 2.45) is 5.18 Å². The van der Waals surface area contributed by atoms with Crippen LogP contribution < -0.4 is 4.90 Å². The number of rotatable bonds is 8. The molecule has 1 atom stereocenters. The molecule has 0 bridgehead atoms. The van der Waals surface area contributed by atoms with Crippen LogP contribution in [0.4, 0.5) is 5.69 Å². The smallest absolute Gasteiger partial charge is 0.127 e. The van der Waals surface area contributed by atoms with Crippen LogP contribution in [0.2, 0.25) is 0 Å². The van der Waals surface area contributed by atoms with E-state index < -0.39 is 6.04 Å². The molecule has 27 heavy (non-hydrogen) atoms. The van der Waals surface area contributed by atoms with Gasteiger partial charge in [0.1, 0.15) is 11.8 Å². The van der Waals surface area contributed by atoms with Gasteiger partial charge in [-0.1, -0.05) is 44.1 Å². The molecule has 0 fully saturated rings. The number of nitrogens with zero attached hydrogens (tertiary/aromatic N) is 2. The minimum Gasteiger partial charge on any atom is -0.508 e. The van der Waals surface area contributed by atoms with Crippen molar-refractivity contribution in [3.63, 3.8) is 0 Å².